The average molecular weight is 597 g/mol. The number of fused-ring (bicyclic) bond motifs is 7. The summed E-state index contributed by atoms with van der Waals surface area (Å²) in [7, 11) is -3.80. The number of hydrogen-bond acceptors (Lipinski definition) is 4. The van der Waals surface area contributed by atoms with E-state index in [0.717, 1.165) is 49.4 Å². The van der Waals surface area contributed by atoms with E-state index in [1.165, 1.54) is 43.2 Å². The molecule has 6 rings (SSSR count). The van der Waals surface area contributed by atoms with E-state index >= 15 is 0 Å². The van der Waals surface area contributed by atoms with Crippen LogP contribution in [0.15, 0.2) is 12.1 Å². The molecule has 0 aliphatic heterocycles. The van der Waals surface area contributed by atoms with Crippen molar-refractivity contribution in [2.75, 3.05) is 5.75 Å². The van der Waals surface area contributed by atoms with Crippen LogP contribution in [0.25, 0.3) is 0 Å². The average Bonchev–Trinajstić information content (AvgIpc) is 3.46. The highest BCUT2D eigenvalue weighted by molar-refractivity contribution is 7.86. The monoisotopic (exact) mass is 596 g/mol. The molecule has 0 saturated heterocycles. The fraction of sp³-hybridized carbons (Fsp3) is 0.811. The molecule has 5 aliphatic rings. The summed E-state index contributed by atoms with van der Waals surface area (Å²) in [5.41, 5.74) is 5.29. The highest BCUT2D eigenvalue weighted by Gasteiger charge is 2.65. The summed E-state index contributed by atoms with van der Waals surface area (Å²) >= 11 is 0. The Morgan fingerprint density at radius 2 is 1.67 bits per heavy atom. The maximum atomic E-state index is 13.4. The lowest BCUT2D eigenvalue weighted by Gasteiger charge is -2.45. The van der Waals surface area contributed by atoms with Crippen LogP contribution in [0.5, 0.6) is 0 Å². The smallest absolute Gasteiger partial charge is 0.268 e. The first kappa shape index (κ1) is 30.8. The van der Waals surface area contributed by atoms with Crippen molar-refractivity contribution in [3.63, 3.8) is 0 Å². The Labute approximate surface area is 256 Å². The van der Waals surface area contributed by atoms with Crippen LogP contribution in [0, 0.1) is 45.8 Å². The van der Waals surface area contributed by atoms with Gasteiger partial charge in [-0.05, 0) is 120 Å². The highest BCUT2D eigenvalue weighted by atomic mass is 32.2. The van der Waals surface area contributed by atoms with Crippen LogP contribution in [0.1, 0.15) is 134 Å². The number of rotatable bonds is 9. The van der Waals surface area contributed by atoms with Gasteiger partial charge in [0.25, 0.3) is 10.1 Å². The maximum absolute atomic E-state index is 13.4. The molecule has 234 valence electrons. The Balaban J connectivity index is 1.14. The molecular weight excluding hydrogens is 540 g/mol. The Bertz CT molecular complexity index is 1330. The van der Waals surface area contributed by atoms with Gasteiger partial charge in [0, 0.05) is 12.8 Å². The lowest BCUT2D eigenvalue weighted by Crippen LogP contribution is -2.43. The zero-order valence-corrected chi connectivity index (χ0v) is 28.2. The third-order valence-electron chi connectivity index (χ3n) is 14.2. The van der Waals surface area contributed by atoms with Crippen molar-refractivity contribution in [1.82, 2.24) is 0 Å². The van der Waals surface area contributed by atoms with E-state index in [4.69, 9.17) is 4.18 Å². The second kappa shape index (κ2) is 10.7. The molecule has 0 spiro atoms. The van der Waals surface area contributed by atoms with Crippen LogP contribution in [-0.2, 0) is 38.4 Å². The molecule has 3 saturated carbocycles. The Morgan fingerprint density at radius 1 is 0.905 bits per heavy atom. The van der Waals surface area contributed by atoms with Crippen molar-refractivity contribution in [2.45, 2.75) is 138 Å². The van der Waals surface area contributed by atoms with Gasteiger partial charge in [0.1, 0.15) is 5.78 Å². The van der Waals surface area contributed by atoms with Crippen molar-refractivity contribution >= 4 is 15.9 Å². The van der Waals surface area contributed by atoms with Crippen LogP contribution in [-0.4, -0.2) is 26.1 Å². The summed E-state index contributed by atoms with van der Waals surface area (Å²) < 4.78 is 32.7. The van der Waals surface area contributed by atoms with E-state index in [9.17, 15) is 13.2 Å². The molecule has 0 radical (unpaired) electrons. The summed E-state index contributed by atoms with van der Waals surface area (Å²) in [5.74, 6) is 4.09. The summed E-state index contributed by atoms with van der Waals surface area (Å²) in [6.45, 7) is 16.4. The van der Waals surface area contributed by atoms with Crippen molar-refractivity contribution in [3.05, 3.63) is 34.4 Å². The number of ketones is 1. The fourth-order valence-electron chi connectivity index (χ4n) is 10.8. The van der Waals surface area contributed by atoms with Gasteiger partial charge in [-0.2, -0.15) is 8.42 Å². The first-order valence-corrected chi connectivity index (χ1v) is 18.8. The van der Waals surface area contributed by atoms with E-state index < -0.39 is 15.5 Å². The predicted molar refractivity (Wildman–Crippen MR) is 170 cm³/mol. The van der Waals surface area contributed by atoms with E-state index in [-0.39, 0.29) is 23.1 Å². The van der Waals surface area contributed by atoms with Crippen LogP contribution >= 0.6 is 0 Å². The zero-order valence-electron chi connectivity index (χ0n) is 27.4. The van der Waals surface area contributed by atoms with Crippen molar-refractivity contribution in [1.29, 1.82) is 0 Å². The second-order valence-electron chi connectivity index (χ2n) is 16.6. The number of carbonyl (C=O) groups excluding carboxylic acids is 1. The van der Waals surface area contributed by atoms with Gasteiger partial charge in [0.05, 0.1) is 17.3 Å². The molecule has 5 aliphatic carbocycles. The molecule has 8 atom stereocenters. The van der Waals surface area contributed by atoms with Gasteiger partial charge in [0.2, 0.25) is 0 Å². The maximum Gasteiger partial charge on any atom is 0.268 e. The van der Waals surface area contributed by atoms with Crippen molar-refractivity contribution < 1.29 is 17.4 Å². The van der Waals surface area contributed by atoms with E-state index in [2.05, 4.69) is 60.6 Å². The lowest BCUT2D eigenvalue weighted by atomic mass is 9.59. The minimum atomic E-state index is -3.80. The number of Topliss-reactive ketones (excluding diaryl/α,β-unsaturated/α-hetero) is 1. The second-order valence-corrected chi connectivity index (χ2v) is 18.2. The van der Waals surface area contributed by atoms with Crippen LogP contribution in [0.3, 0.4) is 0 Å². The molecule has 2 bridgehead atoms. The standard InChI is InChI=1S/C37H56O4S/c1-23(2)24(3)8-9-25(4)32-14-15-33-31-12-10-26-20-28(11-13-29(26)30(31)17-18-36(32,33)7)41-42(39,40)22-37-19-16-27(21-34(37)38)35(37,5)6/h10,12,23-25,27-28,32-33H,8-9,11,13-22H2,1-7H3/t24-,25+,27+,28-,32+,33-,36+,37+/m0/s1. The van der Waals surface area contributed by atoms with Gasteiger partial charge in [-0.1, -0.05) is 73.4 Å². The van der Waals surface area contributed by atoms with Gasteiger partial charge in [-0.3, -0.25) is 8.98 Å². The molecule has 0 amide bonds. The highest BCUT2D eigenvalue weighted by Crippen LogP contribution is 2.64. The molecule has 3 fully saturated rings. The van der Waals surface area contributed by atoms with E-state index in [1.807, 2.05) is 0 Å². The topological polar surface area (TPSA) is 60.4 Å². The predicted octanol–water partition coefficient (Wildman–Crippen LogP) is 8.44. The third-order valence-corrected chi connectivity index (χ3v) is 15.6. The van der Waals surface area contributed by atoms with Crippen LogP contribution in [0.2, 0.25) is 0 Å². The summed E-state index contributed by atoms with van der Waals surface area (Å²) in [6.07, 6.45) is 11.9. The zero-order chi connectivity index (χ0) is 30.2. The van der Waals surface area contributed by atoms with Gasteiger partial charge >= 0.3 is 0 Å². The first-order valence-electron chi connectivity index (χ1n) is 17.3. The third kappa shape index (κ3) is 4.86. The van der Waals surface area contributed by atoms with Gasteiger partial charge in [-0.15, -0.1) is 0 Å². The normalized spacial score (nSPS) is 36.5. The molecule has 1 aromatic rings. The largest absolute Gasteiger partial charge is 0.299 e. The lowest BCUT2D eigenvalue weighted by molar-refractivity contribution is -0.128. The molecule has 1 aromatic carbocycles. The number of carbonyl (C=O) groups is 1. The summed E-state index contributed by atoms with van der Waals surface area (Å²) in [6, 6.07) is 4.70. The number of hydrogen-bond donors (Lipinski definition) is 0. The Hall–Kier alpha value is -1.20. The molecule has 0 N–H and O–H groups in total. The molecular formula is C37H56O4S. The minimum Gasteiger partial charge on any atom is -0.299 e. The van der Waals surface area contributed by atoms with Crippen LogP contribution in [0.4, 0.5) is 0 Å². The molecule has 4 nitrogen and oxygen atoms in total. The Morgan fingerprint density at radius 3 is 2.33 bits per heavy atom. The van der Waals surface area contributed by atoms with Gasteiger partial charge in [-0.25, -0.2) is 0 Å². The SMILES string of the molecule is CC(C)[C@@H](C)CC[C@@H](C)[C@H]1CC[C@H]2c3ccc4c(c3CC[C@]12C)CC[C@H](OS(=O)(=O)C[C@]12CC[C@H](CC1=O)C2(C)C)C4. The fourth-order valence-corrected chi connectivity index (χ4v) is 12.7. The van der Waals surface area contributed by atoms with Gasteiger partial charge in [0.15, 0.2) is 0 Å². The van der Waals surface area contributed by atoms with Crippen molar-refractivity contribution in [3.8, 4) is 0 Å². The Kier molecular flexibility index (Phi) is 7.86. The minimum absolute atomic E-state index is 0.136. The van der Waals surface area contributed by atoms with Crippen molar-refractivity contribution in [2.24, 2.45) is 45.8 Å². The number of benzene rings is 1. The van der Waals surface area contributed by atoms with Gasteiger partial charge < -0.3 is 0 Å². The van der Waals surface area contributed by atoms with E-state index in [1.54, 1.807) is 11.1 Å². The van der Waals surface area contributed by atoms with Crippen LogP contribution < -0.4 is 0 Å². The summed E-state index contributed by atoms with van der Waals surface area (Å²) in [5, 5.41) is 0. The molecule has 0 unspecified atom stereocenters. The molecule has 5 heteroatoms. The molecule has 42 heavy (non-hydrogen) atoms. The summed E-state index contributed by atoms with van der Waals surface area (Å²) in [4.78, 5) is 13.0. The first-order chi connectivity index (χ1) is 19.7. The van der Waals surface area contributed by atoms with E-state index in [0.29, 0.717) is 36.5 Å². The molecule has 0 aromatic heterocycles. The quantitative estimate of drug-likeness (QED) is 0.268. The molecule has 0 heterocycles.